The van der Waals surface area contributed by atoms with E-state index in [0.29, 0.717) is 30.5 Å². The highest BCUT2D eigenvalue weighted by molar-refractivity contribution is 7.80. The van der Waals surface area contributed by atoms with Crippen LogP contribution in [0.3, 0.4) is 0 Å². The van der Waals surface area contributed by atoms with Crippen molar-refractivity contribution in [1.29, 1.82) is 0 Å². The Morgan fingerprint density at radius 1 is 1.11 bits per heavy atom. The van der Waals surface area contributed by atoms with E-state index < -0.39 is 6.10 Å². The third-order valence-corrected chi connectivity index (χ3v) is 4.07. The first-order valence-electron chi connectivity index (χ1n) is 8.52. The summed E-state index contributed by atoms with van der Waals surface area (Å²) in [6.07, 6.45) is -0.685. The second-order valence-electron chi connectivity index (χ2n) is 5.95. The van der Waals surface area contributed by atoms with Crippen molar-refractivity contribution < 1.29 is 19.0 Å². The molecule has 2 aromatic carbocycles. The van der Waals surface area contributed by atoms with Crippen LogP contribution in [0.2, 0.25) is 0 Å². The van der Waals surface area contributed by atoms with Gasteiger partial charge in [-0.05, 0) is 49.8 Å². The second kappa shape index (κ2) is 8.59. The Morgan fingerprint density at radius 2 is 1.85 bits per heavy atom. The third kappa shape index (κ3) is 5.01. The molecule has 3 N–H and O–H groups in total. The number of carbonyl (C=O) groups excluding carboxylic acids is 1. The summed E-state index contributed by atoms with van der Waals surface area (Å²) in [5.41, 5.74) is 6.87. The molecule has 0 saturated heterocycles. The fourth-order valence-corrected chi connectivity index (χ4v) is 2.60. The topological polar surface area (TPSA) is 80.9 Å². The normalized spacial score (nSPS) is 13.3. The van der Waals surface area contributed by atoms with Gasteiger partial charge in [0.2, 0.25) is 0 Å². The summed E-state index contributed by atoms with van der Waals surface area (Å²) >= 11 is 5.20. The second-order valence-corrected chi connectivity index (χ2v) is 6.36. The highest BCUT2D eigenvalue weighted by atomic mass is 32.1. The van der Waals surface area contributed by atoms with Gasteiger partial charge in [-0.2, -0.15) is 0 Å². The van der Waals surface area contributed by atoms with Crippen LogP contribution in [0.4, 0.5) is 5.69 Å². The highest BCUT2D eigenvalue weighted by Crippen LogP contribution is 2.32. The highest BCUT2D eigenvalue weighted by Gasteiger charge is 2.16. The molecule has 1 aliphatic heterocycles. The summed E-state index contributed by atoms with van der Waals surface area (Å²) < 4.78 is 16.7. The van der Waals surface area contributed by atoms with E-state index in [2.05, 4.69) is 16.2 Å². The van der Waals surface area contributed by atoms with Crippen LogP contribution in [0.25, 0.3) is 0 Å². The van der Waals surface area contributed by atoms with Crippen LogP contribution in [0.15, 0.2) is 42.5 Å². The molecule has 142 valence electrons. The maximum atomic E-state index is 12.2. The Morgan fingerprint density at radius 3 is 2.63 bits per heavy atom. The van der Waals surface area contributed by atoms with Gasteiger partial charge in [-0.3, -0.25) is 15.6 Å². The first-order chi connectivity index (χ1) is 13.0. The van der Waals surface area contributed by atoms with Crippen LogP contribution in [-0.4, -0.2) is 30.3 Å². The van der Waals surface area contributed by atoms with Crippen molar-refractivity contribution in [3.63, 3.8) is 0 Å². The van der Waals surface area contributed by atoms with Gasteiger partial charge in [-0.25, -0.2) is 0 Å². The fraction of sp³-hybridized carbons (Fsp3) is 0.263. The zero-order valence-corrected chi connectivity index (χ0v) is 15.9. The van der Waals surface area contributed by atoms with E-state index in [1.807, 2.05) is 37.3 Å². The van der Waals surface area contributed by atoms with E-state index in [1.54, 1.807) is 19.1 Å². The van der Waals surface area contributed by atoms with E-state index >= 15 is 0 Å². The maximum absolute atomic E-state index is 12.2. The summed E-state index contributed by atoms with van der Waals surface area (Å²) in [4.78, 5) is 12.2. The summed E-state index contributed by atoms with van der Waals surface area (Å²) in [6.45, 7) is 4.63. The predicted octanol–water partition coefficient (Wildman–Crippen LogP) is 2.55. The number of hydrazine groups is 1. The molecular weight excluding hydrogens is 366 g/mol. The molecule has 2 aromatic rings. The molecule has 0 unspecified atom stereocenters. The lowest BCUT2D eigenvalue weighted by atomic mass is 10.2. The number of nitrogens with one attached hydrogen (secondary N) is 3. The minimum absolute atomic E-state index is 0.239. The van der Waals surface area contributed by atoms with Crippen LogP contribution in [0.5, 0.6) is 17.2 Å². The molecule has 0 bridgehead atoms. The summed E-state index contributed by atoms with van der Waals surface area (Å²) in [7, 11) is 0. The quantitative estimate of drug-likeness (QED) is 0.549. The molecule has 0 aromatic heterocycles. The maximum Gasteiger partial charge on any atom is 0.279 e. The SMILES string of the molecule is Cc1ccccc1O[C@@H](C)C(=O)NNC(=S)Nc1ccc2c(c1)OCCO2. The van der Waals surface area contributed by atoms with Crippen molar-refractivity contribution in [3.8, 4) is 17.2 Å². The number of thiocarbonyl (C=S) groups is 1. The van der Waals surface area contributed by atoms with Gasteiger partial charge in [0.05, 0.1) is 0 Å². The summed E-state index contributed by atoms with van der Waals surface area (Å²) in [5, 5.41) is 3.21. The van der Waals surface area contributed by atoms with Gasteiger partial charge < -0.3 is 19.5 Å². The number of benzene rings is 2. The Kier molecular flexibility index (Phi) is 5.97. The Hall–Kier alpha value is -3.00. The van der Waals surface area contributed by atoms with E-state index in [-0.39, 0.29) is 11.0 Å². The van der Waals surface area contributed by atoms with Gasteiger partial charge in [0, 0.05) is 11.8 Å². The smallest absolute Gasteiger partial charge is 0.279 e. The molecule has 3 rings (SSSR count). The van der Waals surface area contributed by atoms with E-state index in [1.165, 1.54) is 0 Å². The standard InChI is InChI=1S/C19H21N3O4S/c1-12-5-3-4-6-15(12)26-13(2)18(23)21-22-19(27)20-14-7-8-16-17(11-14)25-10-9-24-16/h3-8,11,13H,9-10H2,1-2H3,(H,21,23)(H2,20,22,27)/t13-/m0/s1. The van der Waals surface area contributed by atoms with Gasteiger partial charge in [-0.15, -0.1) is 0 Å². The molecular formula is C19H21N3O4S. The van der Waals surface area contributed by atoms with Crippen molar-refractivity contribution in [3.05, 3.63) is 48.0 Å². The fourth-order valence-electron chi connectivity index (χ4n) is 2.44. The van der Waals surface area contributed by atoms with E-state index in [9.17, 15) is 4.79 Å². The lowest BCUT2D eigenvalue weighted by Crippen LogP contribution is -2.48. The molecule has 8 heteroatoms. The number of anilines is 1. The van der Waals surface area contributed by atoms with Crippen molar-refractivity contribution in [2.24, 2.45) is 0 Å². The zero-order chi connectivity index (χ0) is 19.2. The molecule has 0 radical (unpaired) electrons. The van der Waals surface area contributed by atoms with Crippen LogP contribution in [-0.2, 0) is 4.79 Å². The molecule has 1 amide bonds. The number of para-hydroxylation sites is 1. The molecule has 0 fully saturated rings. The van der Waals surface area contributed by atoms with Gasteiger partial charge in [-0.1, -0.05) is 18.2 Å². The molecule has 0 saturated carbocycles. The lowest BCUT2D eigenvalue weighted by Gasteiger charge is -2.20. The number of rotatable bonds is 4. The first-order valence-corrected chi connectivity index (χ1v) is 8.92. The molecule has 0 aliphatic carbocycles. The Labute approximate surface area is 163 Å². The van der Waals surface area contributed by atoms with Crippen LogP contribution in [0.1, 0.15) is 12.5 Å². The molecule has 1 heterocycles. The minimum Gasteiger partial charge on any atom is -0.486 e. The Bertz CT molecular complexity index is 843. The number of hydrogen-bond acceptors (Lipinski definition) is 5. The molecule has 1 aliphatic rings. The van der Waals surface area contributed by atoms with Crippen LogP contribution >= 0.6 is 12.2 Å². The van der Waals surface area contributed by atoms with Crippen molar-refractivity contribution in [2.45, 2.75) is 20.0 Å². The van der Waals surface area contributed by atoms with Crippen LogP contribution in [0, 0.1) is 6.92 Å². The number of fused-ring (bicyclic) bond motifs is 1. The predicted molar refractivity (Wildman–Crippen MR) is 106 cm³/mol. The molecule has 7 nitrogen and oxygen atoms in total. The van der Waals surface area contributed by atoms with Crippen LogP contribution < -0.4 is 30.4 Å². The van der Waals surface area contributed by atoms with E-state index in [4.69, 9.17) is 26.4 Å². The van der Waals surface area contributed by atoms with Gasteiger partial charge in [0.15, 0.2) is 22.7 Å². The number of carbonyl (C=O) groups is 1. The minimum atomic E-state index is -0.685. The number of ether oxygens (including phenoxy) is 3. The first kappa shape index (κ1) is 18.8. The average molecular weight is 387 g/mol. The van der Waals surface area contributed by atoms with Gasteiger partial charge in [0.25, 0.3) is 5.91 Å². The largest absolute Gasteiger partial charge is 0.486 e. The third-order valence-electron chi connectivity index (χ3n) is 3.87. The molecule has 27 heavy (non-hydrogen) atoms. The van der Waals surface area contributed by atoms with E-state index in [0.717, 1.165) is 11.3 Å². The number of amides is 1. The molecule has 1 atom stereocenters. The summed E-state index contributed by atoms with van der Waals surface area (Å²) in [5.74, 6) is 1.67. The average Bonchev–Trinajstić information content (AvgIpc) is 2.67. The monoisotopic (exact) mass is 387 g/mol. The summed E-state index contributed by atoms with van der Waals surface area (Å²) in [6, 6.07) is 12.9. The number of aryl methyl sites for hydroxylation is 1. The van der Waals surface area contributed by atoms with Gasteiger partial charge >= 0.3 is 0 Å². The zero-order valence-electron chi connectivity index (χ0n) is 15.1. The Balaban J connectivity index is 1.48. The molecule has 0 spiro atoms. The lowest BCUT2D eigenvalue weighted by molar-refractivity contribution is -0.127. The van der Waals surface area contributed by atoms with Crippen molar-refractivity contribution in [1.82, 2.24) is 10.9 Å². The van der Waals surface area contributed by atoms with Crippen molar-refractivity contribution >= 4 is 28.9 Å². The van der Waals surface area contributed by atoms with Gasteiger partial charge in [0.1, 0.15) is 19.0 Å². The number of hydrogen-bond donors (Lipinski definition) is 3. The van der Waals surface area contributed by atoms with Crippen molar-refractivity contribution in [2.75, 3.05) is 18.5 Å².